The first kappa shape index (κ1) is 19.1. The molecule has 2 aromatic rings. The van der Waals surface area contributed by atoms with E-state index in [0.717, 1.165) is 13.1 Å². The number of benzene rings is 2. The van der Waals surface area contributed by atoms with E-state index in [1.165, 1.54) is 11.3 Å². The molecule has 29 heavy (non-hydrogen) atoms. The average Bonchev–Trinajstić information content (AvgIpc) is 2.73. The molecular formula is C22H25N3O4. The summed E-state index contributed by atoms with van der Waals surface area (Å²) in [6, 6.07) is 13.6. The van der Waals surface area contributed by atoms with E-state index in [-0.39, 0.29) is 18.2 Å². The third-order valence-corrected chi connectivity index (χ3v) is 5.14. The van der Waals surface area contributed by atoms with E-state index in [2.05, 4.69) is 35.3 Å². The van der Waals surface area contributed by atoms with Crippen molar-refractivity contribution in [3.63, 3.8) is 0 Å². The number of fused-ring (bicyclic) bond motifs is 1. The van der Waals surface area contributed by atoms with Crippen LogP contribution in [0.4, 0.5) is 11.4 Å². The van der Waals surface area contributed by atoms with Crippen LogP contribution in [0.15, 0.2) is 42.5 Å². The van der Waals surface area contributed by atoms with Crippen LogP contribution in [-0.4, -0.2) is 56.1 Å². The van der Waals surface area contributed by atoms with Crippen LogP contribution in [-0.2, 0) is 9.59 Å². The number of carbonyl (C=O) groups excluding carboxylic acids is 2. The Labute approximate surface area is 170 Å². The van der Waals surface area contributed by atoms with Gasteiger partial charge in [0.05, 0.1) is 0 Å². The Morgan fingerprint density at radius 3 is 2.48 bits per heavy atom. The van der Waals surface area contributed by atoms with Crippen molar-refractivity contribution in [1.82, 2.24) is 4.90 Å². The van der Waals surface area contributed by atoms with Crippen LogP contribution in [0.1, 0.15) is 12.0 Å². The van der Waals surface area contributed by atoms with E-state index in [1.807, 2.05) is 6.07 Å². The van der Waals surface area contributed by atoms with Crippen molar-refractivity contribution in [2.75, 3.05) is 49.6 Å². The van der Waals surface area contributed by atoms with Crippen LogP contribution in [0.5, 0.6) is 11.5 Å². The van der Waals surface area contributed by atoms with Crippen molar-refractivity contribution in [3.8, 4) is 11.5 Å². The molecule has 7 heteroatoms. The minimum Gasteiger partial charge on any atom is -0.486 e. The Bertz CT molecular complexity index is 907. The molecule has 2 aliphatic rings. The summed E-state index contributed by atoms with van der Waals surface area (Å²) in [7, 11) is 0. The summed E-state index contributed by atoms with van der Waals surface area (Å²) in [6.45, 7) is 5.83. The van der Waals surface area contributed by atoms with Crippen LogP contribution < -0.4 is 19.7 Å². The summed E-state index contributed by atoms with van der Waals surface area (Å²) in [5, 5.41) is 2.77. The molecule has 0 radical (unpaired) electrons. The molecule has 0 aliphatic carbocycles. The number of amides is 2. The molecule has 0 atom stereocenters. The fraction of sp³-hybridized carbons (Fsp3) is 0.364. The lowest BCUT2D eigenvalue weighted by atomic mass is 10.2. The van der Waals surface area contributed by atoms with Gasteiger partial charge in [0, 0.05) is 43.6 Å². The smallest absolute Gasteiger partial charge is 0.233 e. The Morgan fingerprint density at radius 1 is 0.966 bits per heavy atom. The highest BCUT2D eigenvalue weighted by Crippen LogP contribution is 2.32. The topological polar surface area (TPSA) is 71.1 Å². The molecule has 1 fully saturated rings. The van der Waals surface area contributed by atoms with E-state index in [4.69, 9.17) is 9.47 Å². The predicted octanol–water partition coefficient (Wildman–Crippen LogP) is 2.44. The number of ether oxygens (including phenoxy) is 2. The number of rotatable bonds is 4. The van der Waals surface area contributed by atoms with Gasteiger partial charge in [0.2, 0.25) is 11.8 Å². The molecule has 1 N–H and O–H groups in total. The van der Waals surface area contributed by atoms with E-state index >= 15 is 0 Å². The monoisotopic (exact) mass is 395 g/mol. The second-order valence-electron chi connectivity index (χ2n) is 7.29. The van der Waals surface area contributed by atoms with Crippen LogP contribution in [0.3, 0.4) is 0 Å². The van der Waals surface area contributed by atoms with Gasteiger partial charge in [-0.25, -0.2) is 0 Å². The van der Waals surface area contributed by atoms with Crippen LogP contribution >= 0.6 is 0 Å². The van der Waals surface area contributed by atoms with Crippen molar-refractivity contribution in [3.05, 3.63) is 48.0 Å². The summed E-state index contributed by atoms with van der Waals surface area (Å²) < 4.78 is 11.0. The SMILES string of the molecule is Cc1cccc(N2CCN(C(=O)CC(=O)Nc3ccc4c(c3)OCCO4)CC2)c1. The molecule has 2 aromatic carbocycles. The number of anilines is 2. The Kier molecular flexibility index (Phi) is 5.55. The minimum atomic E-state index is -0.326. The molecule has 1 saturated heterocycles. The van der Waals surface area contributed by atoms with Gasteiger partial charge in [0.25, 0.3) is 0 Å². The van der Waals surface area contributed by atoms with Crippen molar-refractivity contribution in [1.29, 1.82) is 0 Å². The molecule has 0 spiro atoms. The maximum atomic E-state index is 12.5. The second-order valence-corrected chi connectivity index (χ2v) is 7.29. The molecule has 2 amide bonds. The van der Waals surface area contributed by atoms with Gasteiger partial charge in [-0.1, -0.05) is 12.1 Å². The number of piperazine rings is 1. The van der Waals surface area contributed by atoms with Gasteiger partial charge in [-0.05, 0) is 36.8 Å². The summed E-state index contributed by atoms with van der Waals surface area (Å²) in [5.74, 6) is 0.793. The van der Waals surface area contributed by atoms with Gasteiger partial charge >= 0.3 is 0 Å². The zero-order chi connectivity index (χ0) is 20.2. The quantitative estimate of drug-likeness (QED) is 0.806. The number of nitrogens with zero attached hydrogens (tertiary/aromatic N) is 2. The molecule has 4 rings (SSSR count). The van der Waals surface area contributed by atoms with E-state index < -0.39 is 0 Å². The predicted molar refractivity (Wildman–Crippen MR) is 111 cm³/mol. The molecule has 2 heterocycles. The van der Waals surface area contributed by atoms with Crippen molar-refractivity contribution in [2.24, 2.45) is 0 Å². The van der Waals surface area contributed by atoms with Crippen molar-refractivity contribution in [2.45, 2.75) is 13.3 Å². The third kappa shape index (κ3) is 4.62. The zero-order valence-electron chi connectivity index (χ0n) is 16.5. The van der Waals surface area contributed by atoms with Crippen LogP contribution in [0, 0.1) is 6.92 Å². The van der Waals surface area contributed by atoms with E-state index in [9.17, 15) is 9.59 Å². The number of nitrogens with one attached hydrogen (secondary N) is 1. The van der Waals surface area contributed by atoms with Crippen molar-refractivity contribution >= 4 is 23.2 Å². The van der Waals surface area contributed by atoms with Gasteiger partial charge < -0.3 is 24.6 Å². The maximum Gasteiger partial charge on any atom is 0.233 e. The maximum absolute atomic E-state index is 12.5. The highest BCUT2D eigenvalue weighted by Gasteiger charge is 2.23. The van der Waals surface area contributed by atoms with Crippen molar-refractivity contribution < 1.29 is 19.1 Å². The first-order valence-corrected chi connectivity index (χ1v) is 9.87. The molecule has 0 saturated carbocycles. The number of hydrogen-bond acceptors (Lipinski definition) is 5. The van der Waals surface area contributed by atoms with Gasteiger partial charge in [0.1, 0.15) is 19.6 Å². The summed E-state index contributed by atoms with van der Waals surface area (Å²) in [5.41, 5.74) is 2.99. The fourth-order valence-corrected chi connectivity index (χ4v) is 3.61. The lowest BCUT2D eigenvalue weighted by Gasteiger charge is -2.36. The highest BCUT2D eigenvalue weighted by atomic mass is 16.6. The van der Waals surface area contributed by atoms with Gasteiger partial charge in [-0.15, -0.1) is 0 Å². The van der Waals surface area contributed by atoms with Crippen LogP contribution in [0.25, 0.3) is 0 Å². The molecule has 2 aliphatic heterocycles. The zero-order valence-corrected chi connectivity index (χ0v) is 16.5. The second kappa shape index (κ2) is 8.43. The van der Waals surface area contributed by atoms with Gasteiger partial charge in [0.15, 0.2) is 11.5 Å². The molecule has 7 nitrogen and oxygen atoms in total. The van der Waals surface area contributed by atoms with Gasteiger partial charge in [-0.3, -0.25) is 9.59 Å². The number of hydrogen-bond donors (Lipinski definition) is 1. The molecule has 0 unspecified atom stereocenters. The normalized spacial score (nSPS) is 15.8. The molecule has 0 aromatic heterocycles. The number of aryl methyl sites for hydroxylation is 1. The lowest BCUT2D eigenvalue weighted by Crippen LogP contribution is -2.49. The summed E-state index contributed by atoms with van der Waals surface area (Å²) in [6.07, 6.45) is -0.168. The number of carbonyl (C=O) groups is 2. The standard InChI is InChI=1S/C22H25N3O4/c1-16-3-2-4-18(13-16)24-7-9-25(10-8-24)22(27)15-21(26)23-17-5-6-19-20(14-17)29-12-11-28-19/h2-6,13-14H,7-12,15H2,1H3,(H,23,26). The first-order chi connectivity index (χ1) is 14.1. The fourth-order valence-electron chi connectivity index (χ4n) is 3.61. The average molecular weight is 395 g/mol. The Balaban J connectivity index is 1.28. The lowest BCUT2D eigenvalue weighted by molar-refractivity contribution is -0.134. The van der Waals surface area contributed by atoms with Gasteiger partial charge in [-0.2, -0.15) is 0 Å². The summed E-state index contributed by atoms with van der Waals surface area (Å²) >= 11 is 0. The van der Waals surface area contributed by atoms with Crippen LogP contribution in [0.2, 0.25) is 0 Å². The highest BCUT2D eigenvalue weighted by molar-refractivity contribution is 6.03. The van der Waals surface area contributed by atoms with E-state index in [0.29, 0.717) is 43.5 Å². The Hall–Kier alpha value is -3.22. The largest absolute Gasteiger partial charge is 0.486 e. The third-order valence-electron chi connectivity index (χ3n) is 5.14. The Morgan fingerprint density at radius 2 is 1.72 bits per heavy atom. The molecular weight excluding hydrogens is 370 g/mol. The first-order valence-electron chi connectivity index (χ1n) is 9.87. The summed E-state index contributed by atoms with van der Waals surface area (Å²) in [4.78, 5) is 28.9. The van der Waals surface area contributed by atoms with E-state index in [1.54, 1.807) is 23.1 Å². The minimum absolute atomic E-state index is 0.149. The molecule has 152 valence electrons. The molecule has 0 bridgehead atoms.